The Kier molecular flexibility index (Phi) is 2.60. The van der Waals surface area contributed by atoms with Gasteiger partial charge in [0.1, 0.15) is 5.82 Å². The Hall–Kier alpha value is -1.40. The lowest BCUT2D eigenvalue weighted by Gasteiger charge is -2.20. The van der Waals surface area contributed by atoms with Crippen molar-refractivity contribution in [1.82, 2.24) is 4.98 Å². The number of nitrogens with zero attached hydrogens (tertiary/aromatic N) is 1. The van der Waals surface area contributed by atoms with Gasteiger partial charge in [0.05, 0.1) is 4.88 Å². The fourth-order valence-electron chi connectivity index (χ4n) is 1.97. The second kappa shape index (κ2) is 4.12. The molecule has 1 aliphatic heterocycles. The van der Waals surface area contributed by atoms with E-state index in [0.29, 0.717) is 12.2 Å². The molecule has 88 valence electrons. The zero-order valence-electron chi connectivity index (χ0n) is 9.19. The van der Waals surface area contributed by atoms with Crippen LogP contribution < -0.4 is 10.6 Å². The molecule has 6 heteroatoms. The number of hydrogen-bond donors (Lipinski definition) is 2. The van der Waals surface area contributed by atoms with Gasteiger partial charge >= 0.3 is 0 Å². The Balaban J connectivity index is 2.07. The quantitative estimate of drug-likeness (QED) is 0.878. The van der Waals surface area contributed by atoms with E-state index < -0.39 is 0 Å². The summed E-state index contributed by atoms with van der Waals surface area (Å²) in [5, 5.41) is 10.8. The third kappa shape index (κ3) is 1.83. The molecular weight excluding hydrogens is 254 g/mol. The van der Waals surface area contributed by atoms with Gasteiger partial charge in [-0.1, -0.05) is 11.3 Å². The number of anilines is 2. The number of rotatable bonds is 2. The highest BCUT2D eigenvalue weighted by Gasteiger charge is 2.30. The predicted molar refractivity (Wildman–Crippen MR) is 71.1 cm³/mol. The molecule has 2 N–H and O–H groups in total. The Labute approximate surface area is 107 Å². The average Bonchev–Trinajstić information content (AvgIpc) is 2.96. The molecule has 1 aliphatic rings. The summed E-state index contributed by atoms with van der Waals surface area (Å²) in [6.45, 7) is 0. The summed E-state index contributed by atoms with van der Waals surface area (Å²) in [5.74, 6) is 0.915. The number of thiophene rings is 1. The van der Waals surface area contributed by atoms with E-state index >= 15 is 0 Å². The average molecular weight is 265 g/mol. The van der Waals surface area contributed by atoms with Crippen molar-refractivity contribution in [2.75, 3.05) is 17.7 Å². The molecule has 3 heterocycles. The lowest BCUT2D eigenvalue weighted by atomic mass is 9.94. The third-order valence-electron chi connectivity index (χ3n) is 2.78. The zero-order valence-corrected chi connectivity index (χ0v) is 10.8. The predicted octanol–water partition coefficient (Wildman–Crippen LogP) is 2.72. The molecule has 0 fully saturated rings. The van der Waals surface area contributed by atoms with E-state index in [-0.39, 0.29) is 11.8 Å². The molecular formula is C11H11N3OS2. The van der Waals surface area contributed by atoms with Crippen LogP contribution in [0, 0.1) is 0 Å². The van der Waals surface area contributed by atoms with Gasteiger partial charge in [0.15, 0.2) is 5.13 Å². The summed E-state index contributed by atoms with van der Waals surface area (Å²) in [4.78, 5) is 17.2. The lowest BCUT2D eigenvalue weighted by molar-refractivity contribution is -0.116. The van der Waals surface area contributed by atoms with Crippen LogP contribution in [0.2, 0.25) is 0 Å². The smallest absolute Gasteiger partial charge is 0.226 e. The Bertz CT molecular complexity index is 547. The molecule has 1 amide bonds. The van der Waals surface area contributed by atoms with Gasteiger partial charge in [0.2, 0.25) is 5.91 Å². The molecule has 0 bridgehead atoms. The van der Waals surface area contributed by atoms with Gasteiger partial charge in [-0.25, -0.2) is 4.98 Å². The molecule has 0 saturated carbocycles. The Morgan fingerprint density at radius 3 is 3.18 bits per heavy atom. The third-order valence-corrected chi connectivity index (χ3v) is 4.66. The van der Waals surface area contributed by atoms with Crippen LogP contribution in [-0.2, 0) is 4.79 Å². The summed E-state index contributed by atoms with van der Waals surface area (Å²) < 4.78 is 0. The standard InChI is InChI=1S/C11H11N3OS2/c1-12-11-14-10-9(17-11)7(4-8(15)13-10)6-2-3-16-5-6/h2-3,5,7H,4H2,1H3,(H,12,14)(H,13,15)/t7-/m1/s1. The molecule has 0 aliphatic carbocycles. The topological polar surface area (TPSA) is 54.0 Å². The largest absolute Gasteiger partial charge is 0.365 e. The number of aromatic nitrogens is 1. The van der Waals surface area contributed by atoms with Gasteiger partial charge in [-0.3, -0.25) is 4.79 Å². The van der Waals surface area contributed by atoms with Crippen molar-refractivity contribution in [2.45, 2.75) is 12.3 Å². The van der Waals surface area contributed by atoms with Gasteiger partial charge in [-0.05, 0) is 22.4 Å². The number of carbonyl (C=O) groups is 1. The fraction of sp³-hybridized carbons (Fsp3) is 0.273. The van der Waals surface area contributed by atoms with Crippen molar-refractivity contribution < 1.29 is 4.79 Å². The van der Waals surface area contributed by atoms with Gasteiger partial charge in [0, 0.05) is 19.4 Å². The van der Waals surface area contributed by atoms with Gasteiger partial charge in [-0.15, -0.1) is 0 Å². The van der Waals surface area contributed by atoms with E-state index in [4.69, 9.17) is 0 Å². The Morgan fingerprint density at radius 1 is 1.59 bits per heavy atom. The fourth-order valence-corrected chi connectivity index (χ4v) is 3.68. The molecule has 3 rings (SSSR count). The number of hydrogen-bond acceptors (Lipinski definition) is 5. The second-order valence-corrected chi connectivity index (χ2v) is 5.65. The SMILES string of the molecule is CNc1nc2c(s1)[C@@H](c1ccsc1)CC(=O)N2. The van der Waals surface area contributed by atoms with E-state index in [1.807, 2.05) is 12.4 Å². The lowest BCUT2D eigenvalue weighted by Crippen LogP contribution is -2.22. The van der Waals surface area contributed by atoms with E-state index in [0.717, 1.165) is 10.0 Å². The van der Waals surface area contributed by atoms with Gasteiger partial charge < -0.3 is 10.6 Å². The summed E-state index contributed by atoms with van der Waals surface area (Å²) in [5.41, 5.74) is 1.21. The molecule has 17 heavy (non-hydrogen) atoms. The first-order valence-corrected chi connectivity index (χ1v) is 7.04. The maximum atomic E-state index is 11.7. The molecule has 0 aromatic carbocycles. The highest BCUT2D eigenvalue weighted by molar-refractivity contribution is 7.16. The molecule has 2 aromatic heterocycles. The molecule has 0 saturated heterocycles. The van der Waals surface area contributed by atoms with Gasteiger partial charge in [0.25, 0.3) is 0 Å². The van der Waals surface area contributed by atoms with Crippen molar-refractivity contribution in [3.63, 3.8) is 0 Å². The molecule has 0 unspecified atom stereocenters. The molecule has 2 aromatic rings. The maximum Gasteiger partial charge on any atom is 0.226 e. The van der Waals surface area contributed by atoms with Crippen molar-refractivity contribution in [2.24, 2.45) is 0 Å². The number of carbonyl (C=O) groups excluding carboxylic acids is 1. The summed E-state index contributed by atoms with van der Waals surface area (Å²) in [6, 6.07) is 2.08. The van der Waals surface area contributed by atoms with Crippen LogP contribution in [0.1, 0.15) is 22.8 Å². The normalized spacial score (nSPS) is 18.6. The van der Waals surface area contributed by atoms with E-state index in [1.54, 1.807) is 22.7 Å². The van der Waals surface area contributed by atoms with E-state index in [1.165, 1.54) is 5.56 Å². The van der Waals surface area contributed by atoms with Crippen LogP contribution >= 0.6 is 22.7 Å². The van der Waals surface area contributed by atoms with Crippen LogP contribution in [0.25, 0.3) is 0 Å². The second-order valence-electron chi connectivity index (χ2n) is 3.84. The maximum absolute atomic E-state index is 11.7. The van der Waals surface area contributed by atoms with E-state index in [9.17, 15) is 4.79 Å². The number of nitrogens with one attached hydrogen (secondary N) is 2. The van der Waals surface area contributed by atoms with E-state index in [2.05, 4.69) is 27.1 Å². The number of fused-ring (bicyclic) bond motifs is 1. The summed E-state index contributed by atoms with van der Waals surface area (Å²) in [6.07, 6.45) is 0.509. The molecule has 0 radical (unpaired) electrons. The van der Waals surface area contributed by atoms with Crippen LogP contribution in [0.5, 0.6) is 0 Å². The van der Waals surface area contributed by atoms with Gasteiger partial charge in [-0.2, -0.15) is 11.3 Å². The number of amides is 1. The van der Waals surface area contributed by atoms with Crippen LogP contribution in [0.4, 0.5) is 10.9 Å². The van der Waals surface area contributed by atoms with Crippen molar-refractivity contribution >= 4 is 39.5 Å². The minimum atomic E-state index is 0.0432. The summed E-state index contributed by atoms with van der Waals surface area (Å²) >= 11 is 3.27. The minimum Gasteiger partial charge on any atom is -0.365 e. The zero-order chi connectivity index (χ0) is 11.8. The van der Waals surface area contributed by atoms with Crippen molar-refractivity contribution in [1.29, 1.82) is 0 Å². The Morgan fingerprint density at radius 2 is 2.47 bits per heavy atom. The molecule has 0 spiro atoms. The van der Waals surface area contributed by atoms with Crippen molar-refractivity contribution in [3.8, 4) is 0 Å². The van der Waals surface area contributed by atoms with Crippen molar-refractivity contribution in [3.05, 3.63) is 27.3 Å². The van der Waals surface area contributed by atoms with Crippen LogP contribution in [0.15, 0.2) is 16.8 Å². The van der Waals surface area contributed by atoms with Crippen LogP contribution in [-0.4, -0.2) is 17.9 Å². The first-order valence-electron chi connectivity index (χ1n) is 5.28. The first kappa shape index (κ1) is 10.7. The molecule has 1 atom stereocenters. The minimum absolute atomic E-state index is 0.0432. The van der Waals surface area contributed by atoms with Crippen LogP contribution in [0.3, 0.4) is 0 Å². The molecule has 4 nitrogen and oxygen atoms in total. The first-order chi connectivity index (χ1) is 8.28. The number of thiazole rings is 1. The highest BCUT2D eigenvalue weighted by atomic mass is 32.1. The summed E-state index contributed by atoms with van der Waals surface area (Å²) in [7, 11) is 1.84. The highest BCUT2D eigenvalue weighted by Crippen LogP contribution is 2.42. The monoisotopic (exact) mass is 265 g/mol.